The minimum atomic E-state index is 0.235. The maximum absolute atomic E-state index is 10.4. The third-order valence-electron chi connectivity index (χ3n) is 4.38. The third kappa shape index (κ3) is 2.91. The lowest BCUT2D eigenvalue weighted by molar-refractivity contribution is 0.407. The van der Waals surface area contributed by atoms with Crippen molar-refractivity contribution in [3.63, 3.8) is 0 Å². The number of ether oxygens (including phenoxy) is 1. The molecule has 0 aliphatic heterocycles. The van der Waals surface area contributed by atoms with Crippen molar-refractivity contribution in [3.05, 3.63) is 52.6 Å². The van der Waals surface area contributed by atoms with Crippen molar-refractivity contribution in [2.24, 2.45) is 0 Å². The van der Waals surface area contributed by atoms with Gasteiger partial charge in [0.1, 0.15) is 17.2 Å². The van der Waals surface area contributed by atoms with Crippen molar-refractivity contribution in [2.45, 2.75) is 33.1 Å². The van der Waals surface area contributed by atoms with Crippen LogP contribution in [0.15, 0.2) is 35.9 Å². The molecule has 0 saturated heterocycles. The van der Waals surface area contributed by atoms with E-state index in [1.165, 1.54) is 5.57 Å². The molecule has 0 heterocycles. The van der Waals surface area contributed by atoms with Crippen molar-refractivity contribution in [1.29, 1.82) is 0 Å². The molecular weight excluding hydrogens is 288 g/mol. The van der Waals surface area contributed by atoms with Crippen LogP contribution in [0, 0.1) is 0 Å². The summed E-state index contributed by atoms with van der Waals surface area (Å²) in [7, 11) is 1.60. The Labute approximate surface area is 136 Å². The summed E-state index contributed by atoms with van der Waals surface area (Å²) in [5.41, 5.74) is 6.15. The largest absolute Gasteiger partial charge is 0.508 e. The highest BCUT2D eigenvalue weighted by Crippen LogP contribution is 2.43. The van der Waals surface area contributed by atoms with E-state index >= 15 is 0 Å². The monoisotopic (exact) mass is 310 g/mol. The lowest BCUT2D eigenvalue weighted by Crippen LogP contribution is -2.05. The first-order valence-electron chi connectivity index (χ1n) is 7.88. The molecule has 1 aliphatic rings. The van der Waals surface area contributed by atoms with Gasteiger partial charge >= 0.3 is 0 Å². The second-order valence-corrected chi connectivity index (χ2v) is 6.30. The Bertz CT molecular complexity index is 784. The Hall–Kier alpha value is -2.42. The third-order valence-corrected chi connectivity index (χ3v) is 4.38. The van der Waals surface area contributed by atoms with Crippen LogP contribution in [-0.4, -0.2) is 17.3 Å². The molecule has 0 atom stereocenters. The fourth-order valence-electron chi connectivity index (χ4n) is 3.15. The van der Waals surface area contributed by atoms with Gasteiger partial charge in [0.05, 0.1) is 7.11 Å². The molecule has 0 amide bonds. The van der Waals surface area contributed by atoms with Crippen LogP contribution in [-0.2, 0) is 19.3 Å². The number of rotatable bonds is 3. The van der Waals surface area contributed by atoms with Crippen LogP contribution in [0.1, 0.15) is 30.5 Å². The van der Waals surface area contributed by atoms with Crippen molar-refractivity contribution in [1.82, 2.24) is 0 Å². The normalized spacial score (nSPS) is 12.3. The Morgan fingerprint density at radius 2 is 1.78 bits per heavy atom. The Morgan fingerprint density at radius 3 is 2.48 bits per heavy atom. The average molecular weight is 310 g/mol. The summed E-state index contributed by atoms with van der Waals surface area (Å²) >= 11 is 0. The molecule has 0 bridgehead atoms. The Balaban J connectivity index is 2.13. The quantitative estimate of drug-likeness (QED) is 0.827. The van der Waals surface area contributed by atoms with E-state index in [0.717, 1.165) is 40.7 Å². The summed E-state index contributed by atoms with van der Waals surface area (Å²) < 4.78 is 5.25. The van der Waals surface area contributed by atoms with E-state index in [2.05, 4.69) is 6.08 Å². The fourth-order valence-corrected chi connectivity index (χ4v) is 3.15. The summed E-state index contributed by atoms with van der Waals surface area (Å²) in [5, 5.41) is 20.7. The van der Waals surface area contributed by atoms with Crippen molar-refractivity contribution < 1.29 is 14.9 Å². The molecule has 0 saturated carbocycles. The molecule has 3 nitrogen and oxygen atoms in total. The van der Waals surface area contributed by atoms with Gasteiger partial charge in [-0.05, 0) is 73.6 Å². The zero-order chi connectivity index (χ0) is 16.6. The summed E-state index contributed by atoms with van der Waals surface area (Å²) in [6, 6.07) is 7.49. The van der Waals surface area contributed by atoms with E-state index in [9.17, 15) is 10.2 Å². The van der Waals surface area contributed by atoms with Gasteiger partial charge in [-0.1, -0.05) is 11.6 Å². The highest BCUT2D eigenvalue weighted by molar-refractivity contribution is 5.80. The highest BCUT2D eigenvalue weighted by Gasteiger charge is 2.22. The summed E-state index contributed by atoms with van der Waals surface area (Å²) in [5.74, 6) is 1.24. The first kappa shape index (κ1) is 15.5. The SMILES string of the molecule is COc1cc(O)c2c(c1)CCc1cc(O)c(CC=C(C)C)cc1-2. The van der Waals surface area contributed by atoms with E-state index in [4.69, 9.17) is 4.74 Å². The van der Waals surface area contributed by atoms with E-state index in [-0.39, 0.29) is 5.75 Å². The van der Waals surface area contributed by atoms with Gasteiger partial charge in [0.2, 0.25) is 0 Å². The van der Waals surface area contributed by atoms with E-state index in [1.54, 1.807) is 13.2 Å². The maximum Gasteiger partial charge on any atom is 0.127 e. The lowest BCUT2D eigenvalue weighted by Gasteiger charge is -2.23. The average Bonchev–Trinajstić information content (AvgIpc) is 2.52. The van der Waals surface area contributed by atoms with Gasteiger partial charge in [-0.15, -0.1) is 0 Å². The van der Waals surface area contributed by atoms with Crippen LogP contribution in [0.3, 0.4) is 0 Å². The molecule has 2 aromatic carbocycles. The minimum Gasteiger partial charge on any atom is -0.508 e. The van der Waals surface area contributed by atoms with Crippen LogP contribution in [0.2, 0.25) is 0 Å². The second kappa shape index (κ2) is 5.99. The number of allylic oxidation sites excluding steroid dienone is 2. The molecule has 120 valence electrons. The molecule has 0 fully saturated rings. The molecule has 2 N–H and O–H groups in total. The molecule has 23 heavy (non-hydrogen) atoms. The molecule has 0 spiro atoms. The first-order chi connectivity index (χ1) is 11.0. The lowest BCUT2D eigenvalue weighted by atomic mass is 9.83. The number of hydrogen-bond donors (Lipinski definition) is 2. The standard InChI is InChI=1S/C20H22O3/c1-12(2)4-5-14-9-17-13(10-18(14)21)6-7-15-8-16(23-3)11-19(22)20(15)17/h4,8-11,21-22H,5-7H2,1-3H3. The number of phenolic OH excluding ortho intramolecular Hbond substituents is 2. The summed E-state index contributed by atoms with van der Waals surface area (Å²) in [4.78, 5) is 0. The number of hydrogen-bond acceptors (Lipinski definition) is 3. The number of phenols is 2. The molecule has 0 aromatic heterocycles. The van der Waals surface area contributed by atoms with Crippen LogP contribution in [0.4, 0.5) is 0 Å². The van der Waals surface area contributed by atoms with Crippen LogP contribution in [0.5, 0.6) is 17.2 Å². The molecule has 3 rings (SSSR count). The fraction of sp³-hybridized carbons (Fsp3) is 0.300. The van der Waals surface area contributed by atoms with E-state index < -0.39 is 0 Å². The van der Waals surface area contributed by atoms with E-state index in [1.807, 2.05) is 32.0 Å². The zero-order valence-corrected chi connectivity index (χ0v) is 13.8. The summed E-state index contributed by atoms with van der Waals surface area (Å²) in [6.07, 6.45) is 4.47. The highest BCUT2D eigenvalue weighted by atomic mass is 16.5. The zero-order valence-electron chi connectivity index (χ0n) is 13.8. The van der Waals surface area contributed by atoms with Gasteiger partial charge in [0.25, 0.3) is 0 Å². The maximum atomic E-state index is 10.4. The van der Waals surface area contributed by atoms with Gasteiger partial charge < -0.3 is 14.9 Å². The van der Waals surface area contributed by atoms with Crippen molar-refractivity contribution in [3.8, 4) is 28.4 Å². The van der Waals surface area contributed by atoms with Gasteiger partial charge in [-0.2, -0.15) is 0 Å². The van der Waals surface area contributed by atoms with Crippen LogP contribution in [0.25, 0.3) is 11.1 Å². The Morgan fingerprint density at radius 1 is 1.04 bits per heavy atom. The van der Waals surface area contributed by atoms with Gasteiger partial charge in [0.15, 0.2) is 0 Å². The molecule has 1 aliphatic carbocycles. The molecule has 2 aromatic rings. The van der Waals surface area contributed by atoms with Crippen LogP contribution >= 0.6 is 0 Å². The predicted octanol–water partition coefficient (Wildman–Crippen LogP) is 4.38. The minimum absolute atomic E-state index is 0.235. The Kier molecular flexibility index (Phi) is 4.03. The number of aromatic hydroxyl groups is 2. The first-order valence-corrected chi connectivity index (χ1v) is 7.88. The molecule has 3 heteroatoms. The number of fused-ring (bicyclic) bond motifs is 3. The van der Waals surface area contributed by atoms with Gasteiger partial charge in [-0.3, -0.25) is 0 Å². The molecule has 0 radical (unpaired) electrons. The van der Waals surface area contributed by atoms with Gasteiger partial charge in [0, 0.05) is 11.6 Å². The van der Waals surface area contributed by atoms with Crippen molar-refractivity contribution >= 4 is 0 Å². The molecule has 0 unspecified atom stereocenters. The van der Waals surface area contributed by atoms with Crippen molar-refractivity contribution in [2.75, 3.05) is 7.11 Å². The molecular formula is C20H22O3. The van der Waals surface area contributed by atoms with E-state index in [0.29, 0.717) is 17.9 Å². The number of methoxy groups -OCH3 is 1. The topological polar surface area (TPSA) is 49.7 Å². The smallest absolute Gasteiger partial charge is 0.127 e. The number of benzene rings is 2. The summed E-state index contributed by atoms with van der Waals surface area (Å²) in [6.45, 7) is 4.09. The number of aryl methyl sites for hydroxylation is 2. The van der Waals surface area contributed by atoms with Crippen LogP contribution < -0.4 is 4.74 Å². The van der Waals surface area contributed by atoms with Gasteiger partial charge in [-0.25, -0.2) is 0 Å². The predicted molar refractivity (Wildman–Crippen MR) is 92.3 cm³/mol. The second-order valence-electron chi connectivity index (χ2n) is 6.30.